The predicted molar refractivity (Wildman–Crippen MR) is 82.0 cm³/mol. The molecule has 1 unspecified atom stereocenters. The maximum Gasteiger partial charge on any atom is 0.335 e. The molecule has 0 aromatic heterocycles. The van der Waals surface area contributed by atoms with Gasteiger partial charge in [-0.25, -0.2) is 4.79 Å². The monoisotopic (exact) mass is 292 g/mol. The van der Waals surface area contributed by atoms with Gasteiger partial charge in [0.25, 0.3) is 0 Å². The van der Waals surface area contributed by atoms with E-state index in [2.05, 4.69) is 23.8 Å². The standard InChI is InChI=1S/C16H24N2O3/c1-13(11-18-9-7-17(2)8-10-18)12-21-15-5-3-14(4-6-15)16(19)20/h3-6,13H,7-12H2,1-2H3,(H,19,20). The maximum atomic E-state index is 10.8. The number of aromatic carboxylic acids is 1. The Morgan fingerprint density at radius 3 is 2.43 bits per heavy atom. The summed E-state index contributed by atoms with van der Waals surface area (Å²) in [5.74, 6) is 0.266. The van der Waals surface area contributed by atoms with Crippen LogP contribution in [0.2, 0.25) is 0 Å². The first-order chi connectivity index (χ1) is 10.0. The van der Waals surface area contributed by atoms with E-state index in [9.17, 15) is 4.79 Å². The summed E-state index contributed by atoms with van der Waals surface area (Å²) in [6.07, 6.45) is 0. The van der Waals surface area contributed by atoms with Crippen LogP contribution in [0.15, 0.2) is 24.3 Å². The number of piperazine rings is 1. The fourth-order valence-corrected chi connectivity index (χ4v) is 2.46. The third-order valence-electron chi connectivity index (χ3n) is 3.80. The highest BCUT2D eigenvalue weighted by atomic mass is 16.5. The number of carboxylic acids is 1. The first-order valence-electron chi connectivity index (χ1n) is 7.41. The zero-order valence-corrected chi connectivity index (χ0v) is 12.8. The number of carbonyl (C=O) groups is 1. The molecule has 1 aliphatic heterocycles. The molecule has 1 aliphatic rings. The number of carboxylic acid groups (broad SMARTS) is 1. The molecule has 21 heavy (non-hydrogen) atoms. The van der Waals surface area contributed by atoms with Crippen LogP contribution in [0.25, 0.3) is 0 Å². The second-order valence-corrected chi connectivity index (χ2v) is 5.85. The molecule has 1 atom stereocenters. The molecule has 2 rings (SSSR count). The number of nitrogens with zero attached hydrogens (tertiary/aromatic N) is 2. The molecule has 1 N–H and O–H groups in total. The Kier molecular flexibility index (Phi) is 5.59. The molecule has 1 aromatic rings. The van der Waals surface area contributed by atoms with E-state index < -0.39 is 5.97 Å². The van der Waals surface area contributed by atoms with Crippen LogP contribution in [0, 0.1) is 5.92 Å². The molecule has 0 aliphatic carbocycles. The Morgan fingerprint density at radius 1 is 1.24 bits per heavy atom. The van der Waals surface area contributed by atoms with Crippen LogP contribution in [0.4, 0.5) is 0 Å². The second-order valence-electron chi connectivity index (χ2n) is 5.85. The van der Waals surface area contributed by atoms with Gasteiger partial charge in [0.05, 0.1) is 12.2 Å². The number of likely N-dealkylation sites (N-methyl/N-ethyl adjacent to an activating group) is 1. The highest BCUT2D eigenvalue weighted by Crippen LogP contribution is 2.14. The average molecular weight is 292 g/mol. The molecule has 1 heterocycles. The Morgan fingerprint density at radius 2 is 1.86 bits per heavy atom. The van der Waals surface area contributed by atoms with Crippen molar-refractivity contribution in [2.75, 3.05) is 46.4 Å². The van der Waals surface area contributed by atoms with E-state index >= 15 is 0 Å². The third kappa shape index (κ3) is 5.02. The number of ether oxygens (including phenoxy) is 1. The lowest BCUT2D eigenvalue weighted by Crippen LogP contribution is -2.46. The van der Waals surface area contributed by atoms with Gasteiger partial charge in [-0.15, -0.1) is 0 Å². The molecule has 5 heteroatoms. The molecule has 0 radical (unpaired) electrons. The number of hydrogen-bond acceptors (Lipinski definition) is 4. The quantitative estimate of drug-likeness (QED) is 0.864. The summed E-state index contributed by atoms with van der Waals surface area (Å²) in [7, 11) is 2.16. The number of benzene rings is 1. The van der Waals surface area contributed by atoms with Gasteiger partial charge >= 0.3 is 5.97 Å². The van der Waals surface area contributed by atoms with Crippen LogP contribution < -0.4 is 4.74 Å². The van der Waals surface area contributed by atoms with E-state index in [1.165, 1.54) is 0 Å². The average Bonchev–Trinajstić information content (AvgIpc) is 2.48. The van der Waals surface area contributed by atoms with Crippen molar-refractivity contribution >= 4 is 5.97 Å². The normalized spacial score (nSPS) is 18.4. The predicted octanol–water partition coefficient (Wildman–Crippen LogP) is 1.65. The lowest BCUT2D eigenvalue weighted by atomic mass is 10.1. The summed E-state index contributed by atoms with van der Waals surface area (Å²) in [6.45, 7) is 8.38. The zero-order valence-electron chi connectivity index (χ0n) is 12.8. The first-order valence-corrected chi connectivity index (χ1v) is 7.41. The highest BCUT2D eigenvalue weighted by Gasteiger charge is 2.16. The topological polar surface area (TPSA) is 53.0 Å². The fraction of sp³-hybridized carbons (Fsp3) is 0.562. The van der Waals surface area contributed by atoms with Crippen LogP contribution in [0.3, 0.4) is 0 Å². The first kappa shape index (κ1) is 15.8. The van der Waals surface area contributed by atoms with Crippen molar-refractivity contribution in [2.45, 2.75) is 6.92 Å². The lowest BCUT2D eigenvalue weighted by molar-refractivity contribution is 0.0697. The Labute approximate surface area is 126 Å². The molecular formula is C16H24N2O3. The van der Waals surface area contributed by atoms with Gasteiger partial charge in [0, 0.05) is 38.6 Å². The van der Waals surface area contributed by atoms with E-state index in [-0.39, 0.29) is 5.56 Å². The van der Waals surface area contributed by atoms with Crippen LogP contribution in [-0.2, 0) is 0 Å². The fourth-order valence-electron chi connectivity index (χ4n) is 2.46. The summed E-state index contributed by atoms with van der Waals surface area (Å²) < 4.78 is 5.74. The maximum absolute atomic E-state index is 10.8. The summed E-state index contributed by atoms with van der Waals surface area (Å²) in [6, 6.07) is 6.57. The van der Waals surface area contributed by atoms with Gasteiger partial charge < -0.3 is 19.6 Å². The summed E-state index contributed by atoms with van der Waals surface area (Å²) >= 11 is 0. The third-order valence-corrected chi connectivity index (χ3v) is 3.80. The van der Waals surface area contributed by atoms with E-state index in [1.54, 1.807) is 24.3 Å². The van der Waals surface area contributed by atoms with Crippen LogP contribution >= 0.6 is 0 Å². The van der Waals surface area contributed by atoms with Gasteiger partial charge in [0.1, 0.15) is 5.75 Å². The van der Waals surface area contributed by atoms with Gasteiger partial charge in [-0.1, -0.05) is 6.92 Å². The molecule has 5 nitrogen and oxygen atoms in total. The van der Waals surface area contributed by atoms with E-state index in [4.69, 9.17) is 9.84 Å². The van der Waals surface area contributed by atoms with Crippen molar-refractivity contribution in [2.24, 2.45) is 5.92 Å². The van der Waals surface area contributed by atoms with Gasteiger partial charge in [0.2, 0.25) is 0 Å². The van der Waals surface area contributed by atoms with Crippen molar-refractivity contribution in [3.05, 3.63) is 29.8 Å². The summed E-state index contributed by atoms with van der Waals surface area (Å²) in [5, 5.41) is 8.85. The largest absolute Gasteiger partial charge is 0.493 e. The molecule has 1 aromatic carbocycles. The van der Waals surface area contributed by atoms with Crippen molar-refractivity contribution in [1.29, 1.82) is 0 Å². The van der Waals surface area contributed by atoms with E-state index in [0.29, 0.717) is 12.5 Å². The smallest absolute Gasteiger partial charge is 0.335 e. The zero-order chi connectivity index (χ0) is 15.2. The SMILES string of the molecule is CC(COc1ccc(C(=O)O)cc1)CN1CCN(C)CC1. The summed E-state index contributed by atoms with van der Waals surface area (Å²) in [5.41, 5.74) is 0.285. The minimum atomic E-state index is -0.912. The Bertz CT molecular complexity index is 453. The van der Waals surface area contributed by atoms with Gasteiger partial charge in [0.15, 0.2) is 0 Å². The van der Waals surface area contributed by atoms with Crippen LogP contribution in [0.1, 0.15) is 17.3 Å². The van der Waals surface area contributed by atoms with Crippen molar-refractivity contribution in [3.8, 4) is 5.75 Å². The molecular weight excluding hydrogens is 268 g/mol. The molecule has 0 spiro atoms. The molecule has 116 valence electrons. The van der Waals surface area contributed by atoms with E-state index in [0.717, 1.165) is 38.5 Å². The lowest BCUT2D eigenvalue weighted by Gasteiger charge is -2.33. The van der Waals surface area contributed by atoms with Crippen LogP contribution in [-0.4, -0.2) is 67.3 Å². The Hall–Kier alpha value is -1.59. The van der Waals surface area contributed by atoms with Gasteiger partial charge in [-0.2, -0.15) is 0 Å². The van der Waals surface area contributed by atoms with Gasteiger partial charge in [-0.05, 0) is 31.3 Å². The van der Waals surface area contributed by atoms with Crippen LogP contribution in [0.5, 0.6) is 5.75 Å². The molecule has 0 bridgehead atoms. The Balaban J connectivity index is 1.73. The molecule has 0 saturated carbocycles. The van der Waals surface area contributed by atoms with Crippen molar-refractivity contribution in [3.63, 3.8) is 0 Å². The molecule has 1 saturated heterocycles. The second kappa shape index (κ2) is 7.43. The minimum absolute atomic E-state index is 0.285. The number of hydrogen-bond donors (Lipinski definition) is 1. The van der Waals surface area contributed by atoms with Gasteiger partial charge in [-0.3, -0.25) is 0 Å². The minimum Gasteiger partial charge on any atom is -0.493 e. The van der Waals surface area contributed by atoms with Crippen molar-refractivity contribution in [1.82, 2.24) is 9.80 Å². The highest BCUT2D eigenvalue weighted by molar-refractivity contribution is 5.87. The van der Waals surface area contributed by atoms with Crippen molar-refractivity contribution < 1.29 is 14.6 Å². The summed E-state index contributed by atoms with van der Waals surface area (Å²) in [4.78, 5) is 15.6. The number of rotatable bonds is 6. The van der Waals surface area contributed by atoms with E-state index in [1.807, 2.05) is 0 Å². The molecule has 1 fully saturated rings. The molecule has 0 amide bonds.